The monoisotopic (exact) mass is 177 g/mol. The van der Waals surface area contributed by atoms with Crippen molar-refractivity contribution in [1.82, 2.24) is 0 Å². The van der Waals surface area contributed by atoms with Gasteiger partial charge in [0, 0.05) is 0 Å². The summed E-state index contributed by atoms with van der Waals surface area (Å²) in [6.07, 6.45) is -1.33. The van der Waals surface area contributed by atoms with E-state index in [0.29, 0.717) is 0 Å². The van der Waals surface area contributed by atoms with E-state index in [4.69, 9.17) is 10.8 Å². The van der Waals surface area contributed by atoms with Crippen molar-refractivity contribution in [3.05, 3.63) is 0 Å². The first-order chi connectivity index (χ1) is 5.45. The van der Waals surface area contributed by atoms with Crippen molar-refractivity contribution in [3.8, 4) is 0 Å². The molecule has 0 radical (unpaired) electrons. The van der Waals surface area contributed by atoms with E-state index in [1.807, 2.05) is 0 Å². The highest BCUT2D eigenvalue weighted by Gasteiger charge is 2.16. The molecule has 0 saturated carbocycles. The van der Waals surface area contributed by atoms with Gasteiger partial charge in [0.1, 0.15) is 6.04 Å². The molecule has 2 unspecified atom stereocenters. The molecule has 0 heterocycles. The molecule has 0 aliphatic rings. The summed E-state index contributed by atoms with van der Waals surface area (Å²) in [6.45, 7) is 2.56. The highest BCUT2D eigenvalue weighted by atomic mass is 17.2. The summed E-state index contributed by atoms with van der Waals surface area (Å²) in [6, 6.07) is -0.869. The van der Waals surface area contributed by atoms with Crippen LogP contribution in [0.3, 0.4) is 0 Å². The molecule has 0 aromatic carbocycles. The normalized spacial score (nSPS) is 14.7. The first kappa shape index (κ1) is 10.9. The maximum Gasteiger partial charge on any atom is 0.383 e. The summed E-state index contributed by atoms with van der Waals surface area (Å²) < 4.78 is 0. The van der Waals surface area contributed by atoms with Crippen LogP contribution in [0.15, 0.2) is 0 Å². The fourth-order valence-corrected chi connectivity index (χ4v) is 0.228. The van der Waals surface area contributed by atoms with Crippen LogP contribution in [0.2, 0.25) is 0 Å². The highest BCUT2D eigenvalue weighted by molar-refractivity contribution is 5.77. The van der Waals surface area contributed by atoms with Crippen LogP contribution in [0.4, 0.5) is 0 Å². The second-order valence-electron chi connectivity index (χ2n) is 2.27. The van der Waals surface area contributed by atoms with Crippen molar-refractivity contribution >= 4 is 11.9 Å². The van der Waals surface area contributed by atoms with Crippen LogP contribution in [-0.4, -0.2) is 29.2 Å². The van der Waals surface area contributed by atoms with Crippen molar-refractivity contribution in [3.63, 3.8) is 0 Å². The van der Waals surface area contributed by atoms with Gasteiger partial charge in [-0.1, -0.05) is 0 Å². The van der Waals surface area contributed by atoms with Gasteiger partial charge in [0.05, 0.1) is 0 Å². The summed E-state index contributed by atoms with van der Waals surface area (Å²) in [5, 5.41) is 8.58. The molecule has 0 fully saturated rings. The summed E-state index contributed by atoms with van der Waals surface area (Å²) >= 11 is 0. The molecule has 0 aromatic heterocycles. The lowest BCUT2D eigenvalue weighted by atomic mass is 10.4. The molecule has 6 nitrogen and oxygen atoms in total. The van der Waals surface area contributed by atoms with Crippen molar-refractivity contribution in [2.45, 2.75) is 26.0 Å². The third-order valence-electron chi connectivity index (χ3n) is 0.919. The minimum atomic E-state index is -1.33. The molecule has 0 spiro atoms. The Labute approximate surface area is 69.2 Å². The van der Waals surface area contributed by atoms with Crippen LogP contribution < -0.4 is 5.73 Å². The van der Waals surface area contributed by atoms with Gasteiger partial charge in [-0.05, 0) is 13.8 Å². The largest absolute Gasteiger partial charge is 0.383 e. The van der Waals surface area contributed by atoms with E-state index in [1.54, 1.807) is 0 Å². The molecule has 3 N–H and O–H groups in total. The van der Waals surface area contributed by atoms with E-state index in [2.05, 4.69) is 9.78 Å². The first-order valence-corrected chi connectivity index (χ1v) is 3.31. The number of carbonyl (C=O) groups excluding carboxylic acids is 2. The van der Waals surface area contributed by atoms with Crippen molar-refractivity contribution in [1.29, 1.82) is 0 Å². The van der Waals surface area contributed by atoms with Crippen LogP contribution in [-0.2, 0) is 19.4 Å². The summed E-state index contributed by atoms with van der Waals surface area (Å²) in [5.74, 6) is -1.91. The Hall–Kier alpha value is -1.14. The minimum absolute atomic E-state index is 0.869. The number of aliphatic hydroxyl groups excluding tert-OH is 1. The molecular formula is C6H11NO5. The van der Waals surface area contributed by atoms with Gasteiger partial charge in [-0.25, -0.2) is 19.4 Å². The lowest BCUT2D eigenvalue weighted by molar-refractivity contribution is -0.264. The summed E-state index contributed by atoms with van der Waals surface area (Å²) in [4.78, 5) is 28.9. The minimum Gasteiger partial charge on any atom is -0.382 e. The molecule has 0 aliphatic heterocycles. The predicted octanol–water partition coefficient (Wildman–Crippen LogP) is -1.28. The topological polar surface area (TPSA) is 98.9 Å². The lowest BCUT2D eigenvalue weighted by Gasteiger charge is -2.05. The number of carbonyl (C=O) groups is 2. The predicted molar refractivity (Wildman–Crippen MR) is 37.5 cm³/mol. The summed E-state index contributed by atoms with van der Waals surface area (Å²) in [7, 11) is 0. The standard InChI is InChI=1S/C6H11NO5/c1-3(7)5(9)11-12-6(10)4(2)8/h3-4,8H,7H2,1-2H3. The molecule has 70 valence electrons. The second-order valence-corrected chi connectivity index (χ2v) is 2.27. The third-order valence-corrected chi connectivity index (χ3v) is 0.919. The Bertz CT molecular complexity index is 157. The quantitative estimate of drug-likeness (QED) is 0.402. The highest BCUT2D eigenvalue weighted by Crippen LogP contribution is 1.90. The van der Waals surface area contributed by atoms with Crippen molar-refractivity contribution in [2.75, 3.05) is 0 Å². The van der Waals surface area contributed by atoms with E-state index in [0.717, 1.165) is 0 Å². The van der Waals surface area contributed by atoms with Gasteiger partial charge in [-0.2, -0.15) is 0 Å². The molecule has 0 aromatic rings. The van der Waals surface area contributed by atoms with Gasteiger partial charge in [0.15, 0.2) is 6.10 Å². The average Bonchev–Trinajstić information content (AvgIpc) is 1.98. The summed E-state index contributed by atoms with van der Waals surface area (Å²) in [5.41, 5.74) is 5.07. The van der Waals surface area contributed by atoms with Gasteiger partial charge in [-0.3, -0.25) is 0 Å². The Morgan fingerprint density at radius 1 is 1.25 bits per heavy atom. The molecule has 12 heavy (non-hydrogen) atoms. The molecule has 6 heteroatoms. The maximum atomic E-state index is 10.6. The Morgan fingerprint density at radius 3 is 2.00 bits per heavy atom. The van der Waals surface area contributed by atoms with Crippen molar-refractivity contribution < 1.29 is 24.5 Å². The molecule has 0 rings (SSSR count). The third kappa shape index (κ3) is 3.89. The Morgan fingerprint density at radius 2 is 1.67 bits per heavy atom. The molecule has 0 bridgehead atoms. The van der Waals surface area contributed by atoms with Gasteiger partial charge in [0.25, 0.3) is 0 Å². The molecule has 2 atom stereocenters. The fraction of sp³-hybridized carbons (Fsp3) is 0.667. The number of rotatable bonds is 2. The van der Waals surface area contributed by atoms with E-state index in [1.165, 1.54) is 13.8 Å². The van der Waals surface area contributed by atoms with E-state index >= 15 is 0 Å². The number of nitrogens with two attached hydrogens (primary N) is 1. The SMILES string of the molecule is CC(N)C(=O)OOC(=O)C(C)O. The lowest BCUT2D eigenvalue weighted by Crippen LogP contribution is -2.31. The molecule has 0 saturated heterocycles. The van der Waals surface area contributed by atoms with Crippen LogP contribution in [0, 0.1) is 0 Å². The Kier molecular flexibility index (Phi) is 4.24. The van der Waals surface area contributed by atoms with Gasteiger partial charge in [0.2, 0.25) is 0 Å². The molecule has 0 amide bonds. The molecular weight excluding hydrogens is 166 g/mol. The van der Waals surface area contributed by atoms with Gasteiger partial charge >= 0.3 is 11.9 Å². The smallest absolute Gasteiger partial charge is 0.382 e. The van der Waals surface area contributed by atoms with E-state index in [9.17, 15) is 9.59 Å². The van der Waals surface area contributed by atoms with E-state index < -0.39 is 24.1 Å². The average molecular weight is 177 g/mol. The van der Waals surface area contributed by atoms with Crippen LogP contribution in [0.1, 0.15) is 13.8 Å². The Balaban J connectivity index is 3.69. The van der Waals surface area contributed by atoms with Crippen LogP contribution in [0.25, 0.3) is 0 Å². The fourth-order valence-electron chi connectivity index (χ4n) is 0.228. The first-order valence-electron chi connectivity index (χ1n) is 3.31. The van der Waals surface area contributed by atoms with Crippen LogP contribution in [0.5, 0.6) is 0 Å². The van der Waals surface area contributed by atoms with E-state index in [-0.39, 0.29) is 0 Å². The maximum absolute atomic E-state index is 10.6. The number of aliphatic hydroxyl groups is 1. The number of hydrogen-bond donors (Lipinski definition) is 2. The zero-order valence-corrected chi connectivity index (χ0v) is 6.81. The second kappa shape index (κ2) is 4.68. The zero-order chi connectivity index (χ0) is 9.72. The van der Waals surface area contributed by atoms with Crippen molar-refractivity contribution in [2.24, 2.45) is 5.73 Å². The van der Waals surface area contributed by atoms with Gasteiger partial charge in [-0.15, -0.1) is 0 Å². The molecule has 0 aliphatic carbocycles. The number of hydrogen-bond acceptors (Lipinski definition) is 6. The van der Waals surface area contributed by atoms with Gasteiger partial charge < -0.3 is 10.8 Å². The zero-order valence-electron chi connectivity index (χ0n) is 6.81. The van der Waals surface area contributed by atoms with Crippen LogP contribution >= 0.6 is 0 Å².